The van der Waals surface area contributed by atoms with Gasteiger partial charge in [0.1, 0.15) is 12.1 Å². The molecule has 2 aromatic carbocycles. The summed E-state index contributed by atoms with van der Waals surface area (Å²) >= 11 is 0. The van der Waals surface area contributed by atoms with Crippen molar-refractivity contribution in [2.75, 3.05) is 23.7 Å². The van der Waals surface area contributed by atoms with Gasteiger partial charge in [0.15, 0.2) is 0 Å². The third-order valence-corrected chi connectivity index (χ3v) is 6.66. The first-order chi connectivity index (χ1) is 15.3. The van der Waals surface area contributed by atoms with Gasteiger partial charge in [-0.25, -0.2) is 22.8 Å². The van der Waals surface area contributed by atoms with E-state index in [-0.39, 0.29) is 22.2 Å². The van der Waals surface area contributed by atoms with Crippen molar-refractivity contribution in [3.63, 3.8) is 0 Å². The quantitative estimate of drug-likeness (QED) is 0.361. The molecular formula is C20H21FN6O4S. The monoisotopic (exact) mass is 460 g/mol. The molecule has 3 aromatic rings. The largest absolute Gasteiger partial charge is 0.353 e. The maximum atomic E-state index is 14.0. The molecule has 10 nitrogen and oxygen atoms in total. The third-order valence-electron chi connectivity index (χ3n) is 4.59. The van der Waals surface area contributed by atoms with Crippen LogP contribution in [-0.2, 0) is 10.0 Å². The molecule has 0 bridgehead atoms. The van der Waals surface area contributed by atoms with Gasteiger partial charge in [0, 0.05) is 18.8 Å². The highest BCUT2D eigenvalue weighted by molar-refractivity contribution is 7.89. The first-order valence-electron chi connectivity index (χ1n) is 9.66. The maximum Gasteiger partial charge on any atom is 0.353 e. The van der Waals surface area contributed by atoms with Crippen LogP contribution >= 0.6 is 0 Å². The number of benzene rings is 2. The van der Waals surface area contributed by atoms with Crippen LogP contribution in [0.15, 0.2) is 59.8 Å². The number of nitrogens with one attached hydrogen (secondary N) is 2. The standard InChI is InChI=1S/C20H21FN6O4S/c1-3-26(4-2)32(30,31)15-11-9-14(10-12-15)24-19-18(27(28)29)20(23-13-22-19)25-17-8-6-5-7-16(17)21/h5-13H,3-4H2,1-2H3,(H2,22,23,24,25). The van der Waals surface area contributed by atoms with Gasteiger partial charge in [-0.1, -0.05) is 26.0 Å². The van der Waals surface area contributed by atoms with Crippen LogP contribution in [-0.4, -0.2) is 40.7 Å². The van der Waals surface area contributed by atoms with Gasteiger partial charge in [-0.15, -0.1) is 0 Å². The van der Waals surface area contributed by atoms with E-state index in [1.165, 1.54) is 46.8 Å². The van der Waals surface area contributed by atoms with Crippen molar-refractivity contribution in [2.45, 2.75) is 18.7 Å². The number of halogens is 1. The summed E-state index contributed by atoms with van der Waals surface area (Å²) in [6.07, 6.45) is 1.09. The summed E-state index contributed by atoms with van der Waals surface area (Å²) < 4.78 is 40.5. The van der Waals surface area contributed by atoms with Crippen LogP contribution in [0.3, 0.4) is 0 Å². The molecule has 0 spiro atoms. The Bertz CT molecular complexity index is 1220. The summed E-state index contributed by atoms with van der Waals surface area (Å²) in [5.74, 6) is -0.929. The molecule has 0 fully saturated rings. The predicted molar refractivity (Wildman–Crippen MR) is 118 cm³/mol. The molecule has 0 unspecified atom stereocenters. The van der Waals surface area contributed by atoms with Crippen LogP contribution in [0.25, 0.3) is 0 Å². The molecular weight excluding hydrogens is 439 g/mol. The lowest BCUT2D eigenvalue weighted by molar-refractivity contribution is -0.383. The fraction of sp³-hybridized carbons (Fsp3) is 0.200. The molecule has 1 heterocycles. The summed E-state index contributed by atoms with van der Waals surface area (Å²) in [5, 5.41) is 17.1. The van der Waals surface area contributed by atoms with Crippen molar-refractivity contribution < 1.29 is 17.7 Å². The second kappa shape index (κ2) is 9.66. The number of sulfonamides is 1. The predicted octanol–water partition coefficient (Wildman–Crippen LogP) is 4.04. The lowest BCUT2D eigenvalue weighted by Gasteiger charge is -2.18. The minimum atomic E-state index is -3.63. The molecule has 12 heteroatoms. The Kier molecular flexibility index (Phi) is 6.95. The summed E-state index contributed by atoms with van der Waals surface area (Å²) in [5.41, 5.74) is -0.0936. The topological polar surface area (TPSA) is 130 Å². The zero-order valence-corrected chi connectivity index (χ0v) is 18.1. The van der Waals surface area contributed by atoms with Gasteiger partial charge in [-0.3, -0.25) is 10.1 Å². The SMILES string of the molecule is CCN(CC)S(=O)(=O)c1ccc(Nc2ncnc(Nc3ccccc3F)c2[N+](=O)[O-])cc1. The summed E-state index contributed by atoms with van der Waals surface area (Å²) in [6.45, 7) is 4.17. The molecule has 0 radical (unpaired) electrons. The molecule has 1 aromatic heterocycles. The van der Waals surface area contributed by atoms with Gasteiger partial charge in [0.05, 0.1) is 15.5 Å². The minimum absolute atomic E-state index is 0.0196. The van der Waals surface area contributed by atoms with Crippen LogP contribution in [0, 0.1) is 15.9 Å². The van der Waals surface area contributed by atoms with E-state index >= 15 is 0 Å². The normalized spacial score (nSPS) is 11.4. The number of hydrogen-bond acceptors (Lipinski definition) is 8. The van der Waals surface area contributed by atoms with Crippen LogP contribution in [0.1, 0.15) is 13.8 Å². The van der Waals surface area contributed by atoms with Crippen molar-refractivity contribution in [1.82, 2.24) is 14.3 Å². The Morgan fingerprint density at radius 3 is 2.16 bits per heavy atom. The summed E-state index contributed by atoms with van der Waals surface area (Å²) in [7, 11) is -3.63. The molecule has 0 aliphatic rings. The molecule has 168 valence electrons. The van der Waals surface area contributed by atoms with Gasteiger partial charge in [0.2, 0.25) is 21.7 Å². The average Bonchev–Trinajstić information content (AvgIpc) is 2.76. The Balaban J connectivity index is 1.91. The number of hydrogen-bond donors (Lipinski definition) is 2. The van der Waals surface area contributed by atoms with Crippen molar-refractivity contribution >= 4 is 38.7 Å². The Hall–Kier alpha value is -3.64. The highest BCUT2D eigenvalue weighted by atomic mass is 32.2. The molecule has 0 saturated heterocycles. The number of rotatable bonds is 9. The van der Waals surface area contributed by atoms with E-state index in [2.05, 4.69) is 20.6 Å². The smallest absolute Gasteiger partial charge is 0.334 e. The van der Waals surface area contributed by atoms with E-state index in [0.717, 1.165) is 6.33 Å². The van der Waals surface area contributed by atoms with Crippen molar-refractivity contribution in [3.8, 4) is 0 Å². The van der Waals surface area contributed by atoms with E-state index in [1.807, 2.05) is 0 Å². The van der Waals surface area contributed by atoms with E-state index in [1.54, 1.807) is 19.9 Å². The molecule has 0 aliphatic carbocycles. The van der Waals surface area contributed by atoms with E-state index in [4.69, 9.17) is 0 Å². The fourth-order valence-electron chi connectivity index (χ4n) is 2.98. The fourth-order valence-corrected chi connectivity index (χ4v) is 4.44. The molecule has 0 aliphatic heterocycles. The van der Waals surface area contributed by atoms with Gasteiger partial charge < -0.3 is 10.6 Å². The molecule has 0 saturated carbocycles. The van der Waals surface area contributed by atoms with Crippen LogP contribution < -0.4 is 10.6 Å². The van der Waals surface area contributed by atoms with Crippen molar-refractivity contribution in [2.24, 2.45) is 0 Å². The number of aromatic nitrogens is 2. The van der Waals surface area contributed by atoms with Crippen molar-refractivity contribution in [3.05, 3.63) is 70.8 Å². The first kappa shape index (κ1) is 23.0. The molecule has 0 amide bonds. The average molecular weight is 460 g/mol. The van der Waals surface area contributed by atoms with Crippen molar-refractivity contribution in [1.29, 1.82) is 0 Å². The highest BCUT2D eigenvalue weighted by Crippen LogP contribution is 2.33. The maximum absolute atomic E-state index is 14.0. The Labute approximate surface area is 184 Å². The minimum Gasteiger partial charge on any atom is -0.334 e. The molecule has 0 atom stereocenters. The Morgan fingerprint density at radius 1 is 1.00 bits per heavy atom. The molecule has 2 N–H and O–H groups in total. The third kappa shape index (κ3) is 4.81. The number of nitrogens with zero attached hydrogens (tertiary/aromatic N) is 4. The van der Waals surface area contributed by atoms with Gasteiger partial charge >= 0.3 is 5.69 Å². The second-order valence-electron chi connectivity index (χ2n) is 6.52. The van der Waals surface area contributed by atoms with Crippen LogP contribution in [0.2, 0.25) is 0 Å². The van der Waals surface area contributed by atoms with Gasteiger partial charge in [-0.2, -0.15) is 4.31 Å². The highest BCUT2D eigenvalue weighted by Gasteiger charge is 2.25. The lowest BCUT2D eigenvalue weighted by Crippen LogP contribution is -2.30. The number of para-hydroxylation sites is 1. The number of anilines is 4. The zero-order chi connectivity index (χ0) is 23.3. The lowest BCUT2D eigenvalue weighted by atomic mass is 10.3. The summed E-state index contributed by atoms with van der Waals surface area (Å²) in [4.78, 5) is 18.9. The zero-order valence-electron chi connectivity index (χ0n) is 17.3. The molecule has 3 rings (SSSR count). The van der Waals surface area contributed by atoms with Gasteiger partial charge in [-0.05, 0) is 36.4 Å². The van der Waals surface area contributed by atoms with E-state index in [0.29, 0.717) is 18.8 Å². The van der Waals surface area contributed by atoms with E-state index in [9.17, 15) is 22.9 Å². The molecule has 32 heavy (non-hydrogen) atoms. The van der Waals surface area contributed by atoms with Crippen LogP contribution in [0.5, 0.6) is 0 Å². The first-order valence-corrected chi connectivity index (χ1v) is 11.1. The number of nitro groups is 1. The summed E-state index contributed by atoms with van der Waals surface area (Å²) in [6, 6.07) is 11.5. The van der Waals surface area contributed by atoms with Crippen LogP contribution in [0.4, 0.5) is 33.1 Å². The van der Waals surface area contributed by atoms with E-state index < -0.39 is 26.5 Å². The van der Waals surface area contributed by atoms with Gasteiger partial charge in [0.25, 0.3) is 0 Å². The Morgan fingerprint density at radius 2 is 1.59 bits per heavy atom. The second-order valence-corrected chi connectivity index (χ2v) is 8.46.